The van der Waals surface area contributed by atoms with Crippen molar-refractivity contribution in [2.45, 2.75) is 32.7 Å². The van der Waals surface area contributed by atoms with Gasteiger partial charge in [-0.3, -0.25) is 4.79 Å². The quantitative estimate of drug-likeness (QED) is 0.920. The molecule has 1 saturated heterocycles. The molecule has 1 fully saturated rings. The van der Waals surface area contributed by atoms with E-state index in [0.717, 1.165) is 43.6 Å². The molecule has 104 valence electrons. The lowest BCUT2D eigenvalue weighted by atomic mass is 10.1. The van der Waals surface area contributed by atoms with Crippen LogP contribution in [0.15, 0.2) is 18.2 Å². The summed E-state index contributed by atoms with van der Waals surface area (Å²) in [6.07, 6.45) is 2.01. The van der Waals surface area contributed by atoms with Gasteiger partial charge in [0, 0.05) is 29.7 Å². The van der Waals surface area contributed by atoms with Crippen LogP contribution in [-0.4, -0.2) is 36.5 Å². The number of nitrogens with zero attached hydrogens (tertiary/aromatic N) is 1. The topological polar surface area (TPSA) is 32.3 Å². The minimum absolute atomic E-state index is 0.107. The lowest BCUT2D eigenvalue weighted by molar-refractivity contribution is 0.0691. The summed E-state index contributed by atoms with van der Waals surface area (Å²) in [7, 11) is 0. The van der Waals surface area contributed by atoms with E-state index in [1.807, 2.05) is 24.0 Å². The number of benzene rings is 1. The normalized spacial score (nSPS) is 18.6. The van der Waals surface area contributed by atoms with Crippen LogP contribution in [-0.2, 0) is 0 Å². The first-order valence-electron chi connectivity index (χ1n) is 6.91. The highest BCUT2D eigenvalue weighted by molar-refractivity contribution is 6.31. The van der Waals surface area contributed by atoms with Gasteiger partial charge in [0.25, 0.3) is 5.91 Å². The molecular formula is C15H21ClN2O. The highest BCUT2D eigenvalue weighted by Crippen LogP contribution is 2.20. The molecule has 1 N–H and O–H groups in total. The summed E-state index contributed by atoms with van der Waals surface area (Å²) in [5.41, 5.74) is 1.72. The summed E-state index contributed by atoms with van der Waals surface area (Å²) in [6, 6.07) is 5.83. The summed E-state index contributed by atoms with van der Waals surface area (Å²) in [4.78, 5) is 14.7. The number of carbonyl (C=O) groups excluding carboxylic acids is 1. The predicted molar refractivity (Wildman–Crippen MR) is 78.8 cm³/mol. The maximum absolute atomic E-state index is 12.7. The van der Waals surface area contributed by atoms with Crippen molar-refractivity contribution in [2.75, 3.05) is 19.6 Å². The van der Waals surface area contributed by atoms with Gasteiger partial charge in [-0.25, -0.2) is 0 Å². The Hall–Kier alpha value is -1.06. The van der Waals surface area contributed by atoms with Crippen LogP contribution in [0.4, 0.5) is 0 Å². The average Bonchev–Trinajstić information content (AvgIpc) is 2.92. The highest BCUT2D eigenvalue weighted by atomic mass is 35.5. The number of aryl methyl sites for hydroxylation is 1. The molecule has 1 aromatic rings. The number of rotatable bonds is 4. The molecule has 0 radical (unpaired) electrons. The second-order valence-corrected chi connectivity index (χ2v) is 5.54. The number of amides is 1. The van der Waals surface area contributed by atoms with Crippen molar-refractivity contribution in [3.63, 3.8) is 0 Å². The van der Waals surface area contributed by atoms with E-state index in [-0.39, 0.29) is 5.91 Å². The van der Waals surface area contributed by atoms with E-state index in [4.69, 9.17) is 11.6 Å². The molecule has 1 heterocycles. The van der Waals surface area contributed by atoms with Crippen LogP contribution in [0.5, 0.6) is 0 Å². The van der Waals surface area contributed by atoms with E-state index in [1.54, 1.807) is 6.07 Å². The summed E-state index contributed by atoms with van der Waals surface area (Å²) in [6.45, 7) is 6.75. The Bertz CT molecular complexity index is 455. The lowest BCUT2D eigenvalue weighted by Crippen LogP contribution is -2.42. The number of hydrogen-bond donors (Lipinski definition) is 1. The van der Waals surface area contributed by atoms with E-state index in [9.17, 15) is 4.79 Å². The molecule has 0 aromatic heterocycles. The Morgan fingerprint density at radius 3 is 2.95 bits per heavy atom. The summed E-state index contributed by atoms with van der Waals surface area (Å²) < 4.78 is 0. The molecule has 4 heteroatoms. The molecular weight excluding hydrogens is 260 g/mol. The Morgan fingerprint density at radius 2 is 2.32 bits per heavy atom. The SMILES string of the molecule is CCCN(C(=O)c1cc(Cl)ccc1C)C1CCNC1. The van der Waals surface area contributed by atoms with Gasteiger partial charge in [-0.05, 0) is 44.0 Å². The molecule has 2 rings (SSSR count). The molecule has 1 amide bonds. The number of halogens is 1. The van der Waals surface area contributed by atoms with E-state index >= 15 is 0 Å². The summed E-state index contributed by atoms with van der Waals surface area (Å²) >= 11 is 6.02. The predicted octanol–water partition coefficient (Wildman–Crippen LogP) is 2.86. The molecule has 3 nitrogen and oxygen atoms in total. The van der Waals surface area contributed by atoms with Crippen LogP contribution in [0.2, 0.25) is 5.02 Å². The van der Waals surface area contributed by atoms with Crippen molar-refractivity contribution >= 4 is 17.5 Å². The largest absolute Gasteiger partial charge is 0.334 e. The third kappa shape index (κ3) is 3.28. The molecule has 19 heavy (non-hydrogen) atoms. The molecule has 1 unspecified atom stereocenters. The van der Waals surface area contributed by atoms with E-state index in [1.165, 1.54) is 0 Å². The monoisotopic (exact) mass is 280 g/mol. The van der Waals surface area contributed by atoms with Crippen LogP contribution >= 0.6 is 11.6 Å². The molecule has 0 aliphatic carbocycles. The molecule has 0 saturated carbocycles. The molecule has 0 spiro atoms. The molecule has 1 aromatic carbocycles. The van der Waals surface area contributed by atoms with Crippen molar-refractivity contribution < 1.29 is 4.79 Å². The van der Waals surface area contributed by atoms with Crippen molar-refractivity contribution in [2.24, 2.45) is 0 Å². The maximum atomic E-state index is 12.7. The summed E-state index contributed by atoms with van der Waals surface area (Å²) in [5.74, 6) is 0.107. The van der Waals surface area contributed by atoms with Crippen LogP contribution in [0.25, 0.3) is 0 Å². The van der Waals surface area contributed by atoms with Gasteiger partial charge in [-0.15, -0.1) is 0 Å². The first-order valence-corrected chi connectivity index (χ1v) is 7.29. The van der Waals surface area contributed by atoms with Gasteiger partial charge in [0.15, 0.2) is 0 Å². The van der Waals surface area contributed by atoms with Crippen LogP contribution < -0.4 is 5.32 Å². The van der Waals surface area contributed by atoms with Crippen molar-refractivity contribution in [3.05, 3.63) is 34.3 Å². The van der Waals surface area contributed by atoms with Gasteiger partial charge in [0.2, 0.25) is 0 Å². The highest BCUT2D eigenvalue weighted by Gasteiger charge is 2.27. The first kappa shape index (κ1) is 14.4. The van der Waals surface area contributed by atoms with Gasteiger partial charge < -0.3 is 10.2 Å². The van der Waals surface area contributed by atoms with Gasteiger partial charge in [-0.2, -0.15) is 0 Å². The minimum atomic E-state index is 0.107. The zero-order valence-corrected chi connectivity index (χ0v) is 12.3. The molecule has 1 atom stereocenters. The molecule has 1 aliphatic rings. The van der Waals surface area contributed by atoms with Crippen LogP contribution in [0.3, 0.4) is 0 Å². The van der Waals surface area contributed by atoms with Gasteiger partial charge >= 0.3 is 0 Å². The summed E-state index contributed by atoms with van der Waals surface area (Å²) in [5, 5.41) is 3.94. The average molecular weight is 281 g/mol. The second kappa shape index (κ2) is 6.40. The fourth-order valence-electron chi connectivity index (χ4n) is 2.58. The van der Waals surface area contributed by atoms with E-state index in [0.29, 0.717) is 11.1 Å². The first-order chi connectivity index (χ1) is 9.13. The minimum Gasteiger partial charge on any atom is -0.334 e. The fraction of sp³-hybridized carbons (Fsp3) is 0.533. The van der Waals surface area contributed by atoms with Gasteiger partial charge in [-0.1, -0.05) is 24.6 Å². The fourth-order valence-corrected chi connectivity index (χ4v) is 2.75. The Balaban J connectivity index is 2.25. The van der Waals surface area contributed by atoms with Gasteiger partial charge in [0.1, 0.15) is 0 Å². The number of hydrogen-bond acceptors (Lipinski definition) is 2. The zero-order chi connectivity index (χ0) is 13.8. The lowest BCUT2D eigenvalue weighted by Gasteiger charge is -2.29. The molecule has 1 aliphatic heterocycles. The van der Waals surface area contributed by atoms with Crippen LogP contribution in [0.1, 0.15) is 35.7 Å². The van der Waals surface area contributed by atoms with E-state index in [2.05, 4.69) is 12.2 Å². The molecule has 0 bridgehead atoms. The third-order valence-electron chi connectivity index (χ3n) is 3.63. The number of carbonyl (C=O) groups is 1. The van der Waals surface area contributed by atoms with Gasteiger partial charge in [0.05, 0.1) is 0 Å². The Kier molecular flexibility index (Phi) is 4.83. The third-order valence-corrected chi connectivity index (χ3v) is 3.87. The standard InChI is InChI=1S/C15H21ClN2O/c1-3-8-18(13-6-7-17-10-13)15(19)14-9-12(16)5-4-11(14)2/h4-5,9,13,17H,3,6-8,10H2,1-2H3. The smallest absolute Gasteiger partial charge is 0.254 e. The van der Waals surface area contributed by atoms with Crippen molar-refractivity contribution in [1.82, 2.24) is 10.2 Å². The Morgan fingerprint density at radius 1 is 1.53 bits per heavy atom. The maximum Gasteiger partial charge on any atom is 0.254 e. The second-order valence-electron chi connectivity index (χ2n) is 5.10. The van der Waals surface area contributed by atoms with Crippen molar-refractivity contribution in [1.29, 1.82) is 0 Å². The number of nitrogens with one attached hydrogen (secondary N) is 1. The van der Waals surface area contributed by atoms with Crippen molar-refractivity contribution in [3.8, 4) is 0 Å². The Labute approximate surface area is 119 Å². The zero-order valence-electron chi connectivity index (χ0n) is 11.6. The van der Waals surface area contributed by atoms with Crippen LogP contribution in [0, 0.1) is 6.92 Å². The van der Waals surface area contributed by atoms with E-state index < -0.39 is 0 Å².